The zero-order chi connectivity index (χ0) is 15.8. The summed E-state index contributed by atoms with van der Waals surface area (Å²) in [5.74, 6) is -2.38. The fourth-order valence-electron chi connectivity index (χ4n) is 1.64. The van der Waals surface area contributed by atoms with Gasteiger partial charge in [0.1, 0.15) is 0 Å². The number of carbonyl (C=O) groups excluding carboxylic acids is 2. The summed E-state index contributed by atoms with van der Waals surface area (Å²) >= 11 is 5.78. The van der Waals surface area contributed by atoms with Gasteiger partial charge < -0.3 is 14.6 Å². The van der Waals surface area contributed by atoms with E-state index in [9.17, 15) is 14.7 Å². The van der Waals surface area contributed by atoms with E-state index in [1.54, 1.807) is 45.0 Å². The molecule has 1 N–H and O–H groups in total. The number of hydrogen-bond donors (Lipinski definition) is 1. The lowest BCUT2D eigenvalue weighted by Gasteiger charge is -2.15. The van der Waals surface area contributed by atoms with E-state index in [0.717, 1.165) is 0 Å². The van der Waals surface area contributed by atoms with E-state index in [-0.39, 0.29) is 0 Å². The molecule has 6 heteroatoms. The Labute approximate surface area is 127 Å². The van der Waals surface area contributed by atoms with Gasteiger partial charge in [-0.3, -0.25) is 4.79 Å². The summed E-state index contributed by atoms with van der Waals surface area (Å²) in [6, 6.07) is 6.45. The lowest BCUT2D eigenvalue weighted by Crippen LogP contribution is -2.24. The molecule has 1 atom stereocenters. The molecular formula is C15H15ClO5. The number of halogens is 1. The van der Waals surface area contributed by atoms with Gasteiger partial charge in [-0.25, -0.2) is 4.79 Å². The summed E-state index contributed by atoms with van der Waals surface area (Å²) in [7, 11) is 0. The van der Waals surface area contributed by atoms with E-state index in [2.05, 4.69) is 0 Å². The maximum Gasteiger partial charge on any atom is 0.379 e. The highest BCUT2D eigenvalue weighted by Gasteiger charge is 2.40. The summed E-state index contributed by atoms with van der Waals surface area (Å²) in [4.78, 5) is 23.6. The number of benzene rings is 1. The fraction of sp³-hybridized carbons (Fsp3) is 0.333. The number of esters is 2. The molecule has 0 unspecified atom stereocenters. The molecule has 1 aliphatic rings. The largest absolute Gasteiger partial charge is 0.505 e. The van der Waals surface area contributed by atoms with Gasteiger partial charge in [0, 0.05) is 10.6 Å². The second kappa shape index (κ2) is 5.41. The van der Waals surface area contributed by atoms with Crippen LogP contribution >= 0.6 is 11.6 Å². The van der Waals surface area contributed by atoms with Gasteiger partial charge in [-0.15, -0.1) is 0 Å². The number of aliphatic hydroxyl groups excluding tert-OH is 1. The van der Waals surface area contributed by atoms with Crippen molar-refractivity contribution in [3.63, 3.8) is 0 Å². The first-order chi connectivity index (χ1) is 9.70. The first-order valence-corrected chi connectivity index (χ1v) is 6.70. The lowest BCUT2D eigenvalue weighted by molar-refractivity contribution is -0.155. The second-order valence-electron chi connectivity index (χ2n) is 5.69. The summed E-state index contributed by atoms with van der Waals surface area (Å²) in [5, 5.41) is 10.6. The molecule has 2 rings (SSSR count). The molecule has 0 bridgehead atoms. The minimum absolute atomic E-state index is 0.417. The average molecular weight is 311 g/mol. The van der Waals surface area contributed by atoms with Crippen LogP contribution in [0, 0.1) is 5.41 Å². The molecule has 0 saturated carbocycles. The number of ether oxygens (including phenoxy) is 2. The molecule has 0 spiro atoms. The Morgan fingerprint density at radius 2 is 1.86 bits per heavy atom. The van der Waals surface area contributed by atoms with E-state index >= 15 is 0 Å². The van der Waals surface area contributed by atoms with E-state index in [4.69, 9.17) is 21.1 Å². The molecule has 0 fully saturated rings. The summed E-state index contributed by atoms with van der Waals surface area (Å²) < 4.78 is 10.0. The number of aliphatic hydroxyl groups is 1. The third-order valence-corrected chi connectivity index (χ3v) is 3.12. The minimum Gasteiger partial charge on any atom is -0.505 e. The highest BCUT2D eigenvalue weighted by atomic mass is 35.5. The van der Waals surface area contributed by atoms with Crippen LogP contribution in [-0.4, -0.2) is 17.0 Å². The number of carbonyl (C=O) groups is 2. The van der Waals surface area contributed by atoms with Gasteiger partial charge >= 0.3 is 11.9 Å². The highest BCUT2D eigenvalue weighted by Crippen LogP contribution is 2.35. The van der Waals surface area contributed by atoms with Gasteiger partial charge in [-0.1, -0.05) is 23.7 Å². The van der Waals surface area contributed by atoms with Crippen molar-refractivity contribution < 1.29 is 24.2 Å². The van der Waals surface area contributed by atoms with E-state index in [0.29, 0.717) is 10.6 Å². The van der Waals surface area contributed by atoms with Crippen LogP contribution in [0.3, 0.4) is 0 Å². The maximum atomic E-state index is 11.8. The molecule has 0 radical (unpaired) electrons. The van der Waals surface area contributed by atoms with Crippen LogP contribution in [0.4, 0.5) is 0 Å². The first-order valence-electron chi connectivity index (χ1n) is 6.32. The molecule has 0 aliphatic carbocycles. The SMILES string of the molecule is CC(C)(C)C(=O)OC1=C(O)[C@H](c2ccc(Cl)cc2)OC1=O. The van der Waals surface area contributed by atoms with Gasteiger partial charge in [-0.05, 0) is 32.9 Å². The molecule has 21 heavy (non-hydrogen) atoms. The molecule has 0 aromatic heterocycles. The van der Waals surface area contributed by atoms with E-state index in [1.165, 1.54) is 0 Å². The van der Waals surface area contributed by atoms with E-state index < -0.39 is 35.0 Å². The molecule has 5 nitrogen and oxygen atoms in total. The summed E-state index contributed by atoms with van der Waals surface area (Å²) in [6.07, 6.45) is -0.988. The Bertz CT molecular complexity index is 610. The van der Waals surface area contributed by atoms with Crippen molar-refractivity contribution in [1.29, 1.82) is 0 Å². The molecule has 1 aromatic rings. The number of hydrogen-bond acceptors (Lipinski definition) is 5. The fourth-order valence-corrected chi connectivity index (χ4v) is 1.77. The quantitative estimate of drug-likeness (QED) is 0.848. The third-order valence-electron chi connectivity index (χ3n) is 2.87. The Balaban J connectivity index is 2.27. The van der Waals surface area contributed by atoms with Crippen molar-refractivity contribution in [2.45, 2.75) is 26.9 Å². The van der Waals surface area contributed by atoms with Gasteiger partial charge in [0.05, 0.1) is 5.41 Å². The molecule has 112 valence electrons. The zero-order valence-electron chi connectivity index (χ0n) is 11.8. The topological polar surface area (TPSA) is 72.8 Å². The molecule has 1 aromatic carbocycles. The van der Waals surface area contributed by atoms with Gasteiger partial charge in [-0.2, -0.15) is 0 Å². The lowest BCUT2D eigenvalue weighted by atomic mass is 9.97. The van der Waals surface area contributed by atoms with Crippen LogP contribution in [0.2, 0.25) is 5.02 Å². The molecule has 1 heterocycles. The molecule has 0 amide bonds. The first kappa shape index (κ1) is 15.4. The smallest absolute Gasteiger partial charge is 0.379 e. The van der Waals surface area contributed by atoms with Gasteiger partial charge in [0.2, 0.25) is 0 Å². The van der Waals surface area contributed by atoms with Crippen molar-refractivity contribution in [2.24, 2.45) is 5.41 Å². The van der Waals surface area contributed by atoms with Gasteiger partial charge in [0.25, 0.3) is 5.76 Å². The van der Waals surface area contributed by atoms with Gasteiger partial charge in [0.15, 0.2) is 11.9 Å². The minimum atomic E-state index is -0.988. The second-order valence-corrected chi connectivity index (χ2v) is 6.13. The van der Waals surface area contributed by atoms with Crippen LogP contribution in [0.5, 0.6) is 0 Å². The predicted molar refractivity (Wildman–Crippen MR) is 75.5 cm³/mol. The van der Waals surface area contributed by atoms with Crippen molar-refractivity contribution in [3.05, 3.63) is 46.4 Å². The van der Waals surface area contributed by atoms with Crippen molar-refractivity contribution in [3.8, 4) is 0 Å². The normalized spacial score (nSPS) is 18.7. The monoisotopic (exact) mass is 310 g/mol. The van der Waals surface area contributed by atoms with Crippen LogP contribution in [0.15, 0.2) is 35.8 Å². The maximum absolute atomic E-state index is 11.8. The zero-order valence-corrected chi connectivity index (χ0v) is 12.6. The van der Waals surface area contributed by atoms with E-state index in [1.807, 2.05) is 0 Å². The van der Waals surface area contributed by atoms with Crippen molar-refractivity contribution in [1.82, 2.24) is 0 Å². The number of rotatable bonds is 2. The van der Waals surface area contributed by atoms with Crippen LogP contribution < -0.4 is 0 Å². The van der Waals surface area contributed by atoms with Crippen molar-refractivity contribution in [2.75, 3.05) is 0 Å². The van der Waals surface area contributed by atoms with Crippen LogP contribution in [0.25, 0.3) is 0 Å². The summed E-state index contributed by atoms with van der Waals surface area (Å²) in [5.41, 5.74) is -0.265. The Hall–Kier alpha value is -2.01. The molecule has 0 saturated heterocycles. The standard InChI is InChI=1S/C15H15ClO5/c1-15(2,3)14(19)21-12-10(17)11(20-13(12)18)8-4-6-9(16)7-5-8/h4-7,11,17H,1-3H3/t11-/m0/s1. The van der Waals surface area contributed by atoms with Crippen molar-refractivity contribution >= 4 is 23.5 Å². The molecular weight excluding hydrogens is 296 g/mol. The third kappa shape index (κ3) is 3.19. The number of cyclic esters (lactones) is 1. The Kier molecular flexibility index (Phi) is 3.96. The predicted octanol–water partition coefficient (Wildman–Crippen LogP) is 3.30. The summed E-state index contributed by atoms with van der Waals surface area (Å²) in [6.45, 7) is 4.93. The Morgan fingerprint density at radius 1 is 1.29 bits per heavy atom. The molecule has 1 aliphatic heterocycles. The Morgan fingerprint density at radius 3 is 2.38 bits per heavy atom. The van der Waals surface area contributed by atoms with Crippen LogP contribution in [-0.2, 0) is 19.1 Å². The van der Waals surface area contributed by atoms with Crippen LogP contribution in [0.1, 0.15) is 32.4 Å². The average Bonchev–Trinajstić information content (AvgIpc) is 2.66. The highest BCUT2D eigenvalue weighted by molar-refractivity contribution is 6.30.